The second kappa shape index (κ2) is 9.06. The molecule has 9 heteroatoms. The maximum atomic E-state index is 11.3. The number of nitrogens with two attached hydrogens (primary N) is 1. The Morgan fingerprint density at radius 3 is 2.24 bits per heavy atom. The topological polar surface area (TPSA) is 87.8 Å². The van der Waals surface area contributed by atoms with E-state index in [0.29, 0.717) is 47.5 Å². The fourth-order valence-corrected chi connectivity index (χ4v) is 3.70. The van der Waals surface area contributed by atoms with E-state index in [9.17, 15) is 8.42 Å². The first-order valence-electron chi connectivity index (χ1n) is 6.07. The van der Waals surface area contributed by atoms with Gasteiger partial charge in [0.2, 0.25) is 10.0 Å². The number of hydrogen-bond donors (Lipinski definition) is 1. The minimum Gasteiger partial charge on any atom is -0.491 e. The molecule has 0 radical (unpaired) electrons. The van der Waals surface area contributed by atoms with Crippen LogP contribution in [-0.2, 0) is 19.5 Å². The summed E-state index contributed by atoms with van der Waals surface area (Å²) in [5.41, 5.74) is 0. The lowest BCUT2D eigenvalue weighted by Crippen LogP contribution is -2.12. The Labute approximate surface area is 141 Å². The van der Waals surface area contributed by atoms with E-state index in [2.05, 4.69) is 31.9 Å². The molecule has 0 aromatic heterocycles. The van der Waals surface area contributed by atoms with Gasteiger partial charge in [0.15, 0.2) is 0 Å². The fourth-order valence-electron chi connectivity index (χ4n) is 1.42. The standard InChI is InChI=1S/C12H17Br2NO5S/c1-18-5-6-19-3-2-4-20-12-10(13)7-9(8-11(12)14)21(15,16)17/h7-8H,2-6H2,1H3,(H2,15,16,17). The molecule has 0 saturated heterocycles. The van der Waals surface area contributed by atoms with E-state index >= 15 is 0 Å². The van der Waals surface area contributed by atoms with Gasteiger partial charge in [-0.05, 0) is 44.0 Å². The van der Waals surface area contributed by atoms with Gasteiger partial charge in [0.25, 0.3) is 0 Å². The van der Waals surface area contributed by atoms with Crippen molar-refractivity contribution in [1.29, 1.82) is 0 Å². The first-order valence-corrected chi connectivity index (χ1v) is 9.21. The summed E-state index contributed by atoms with van der Waals surface area (Å²) in [5.74, 6) is 0.527. The molecule has 1 aromatic carbocycles. The zero-order valence-corrected chi connectivity index (χ0v) is 15.5. The molecule has 0 heterocycles. The summed E-state index contributed by atoms with van der Waals surface area (Å²) >= 11 is 6.54. The first kappa shape index (κ1) is 18.9. The van der Waals surface area contributed by atoms with Crippen LogP contribution in [-0.4, -0.2) is 42.0 Å². The predicted molar refractivity (Wildman–Crippen MR) is 86.0 cm³/mol. The Morgan fingerprint density at radius 2 is 1.71 bits per heavy atom. The van der Waals surface area contributed by atoms with E-state index in [-0.39, 0.29) is 4.90 Å². The summed E-state index contributed by atoms with van der Waals surface area (Å²) in [7, 11) is -2.13. The third-order valence-corrected chi connectivity index (χ3v) is 4.48. The molecule has 0 spiro atoms. The molecule has 0 saturated carbocycles. The van der Waals surface area contributed by atoms with Gasteiger partial charge < -0.3 is 14.2 Å². The summed E-state index contributed by atoms with van der Waals surface area (Å²) < 4.78 is 39.4. The number of halogens is 2. The average Bonchev–Trinajstić information content (AvgIpc) is 2.39. The van der Waals surface area contributed by atoms with E-state index in [1.54, 1.807) is 7.11 Å². The van der Waals surface area contributed by atoms with Crippen molar-refractivity contribution in [2.24, 2.45) is 5.14 Å². The number of benzene rings is 1. The van der Waals surface area contributed by atoms with Crippen LogP contribution in [0.1, 0.15) is 6.42 Å². The number of ether oxygens (including phenoxy) is 3. The number of primary sulfonamides is 1. The molecule has 0 fully saturated rings. The molecule has 0 aliphatic rings. The molecule has 6 nitrogen and oxygen atoms in total. The molecule has 0 bridgehead atoms. The molecule has 0 aliphatic carbocycles. The van der Waals surface area contributed by atoms with Gasteiger partial charge in [-0.3, -0.25) is 0 Å². The molecule has 0 unspecified atom stereocenters. The smallest absolute Gasteiger partial charge is 0.238 e. The molecule has 1 rings (SSSR count). The Hall–Kier alpha value is -0.190. The minimum absolute atomic E-state index is 0.0106. The molecule has 0 atom stereocenters. The van der Waals surface area contributed by atoms with Crippen molar-refractivity contribution in [2.45, 2.75) is 11.3 Å². The number of rotatable bonds is 9. The van der Waals surface area contributed by atoms with Crippen molar-refractivity contribution in [1.82, 2.24) is 0 Å². The number of methoxy groups -OCH3 is 1. The highest BCUT2D eigenvalue weighted by Crippen LogP contribution is 2.35. The quantitative estimate of drug-likeness (QED) is 0.588. The van der Waals surface area contributed by atoms with Gasteiger partial charge in [0.05, 0.1) is 33.7 Å². The lowest BCUT2D eigenvalue weighted by molar-refractivity contribution is 0.0643. The normalized spacial score (nSPS) is 11.6. The van der Waals surface area contributed by atoms with Crippen molar-refractivity contribution in [3.05, 3.63) is 21.1 Å². The van der Waals surface area contributed by atoms with Crippen LogP contribution in [0.5, 0.6) is 5.75 Å². The van der Waals surface area contributed by atoms with Crippen molar-refractivity contribution in [2.75, 3.05) is 33.5 Å². The summed E-state index contributed by atoms with van der Waals surface area (Å²) in [6.45, 7) is 2.12. The molecule has 0 aliphatic heterocycles. The lowest BCUT2D eigenvalue weighted by atomic mass is 10.3. The van der Waals surface area contributed by atoms with Crippen molar-refractivity contribution < 1.29 is 22.6 Å². The van der Waals surface area contributed by atoms with Crippen LogP contribution in [0.4, 0.5) is 0 Å². The second-order valence-corrected chi connectivity index (χ2v) is 7.34. The van der Waals surface area contributed by atoms with Crippen LogP contribution in [0.15, 0.2) is 26.0 Å². The van der Waals surface area contributed by atoms with Crippen LogP contribution in [0, 0.1) is 0 Å². The van der Waals surface area contributed by atoms with Crippen molar-refractivity contribution in [3.63, 3.8) is 0 Å². The van der Waals surface area contributed by atoms with Crippen molar-refractivity contribution in [3.8, 4) is 5.75 Å². The van der Waals surface area contributed by atoms with Gasteiger partial charge in [-0.1, -0.05) is 0 Å². The number of sulfonamides is 1. The molecule has 120 valence electrons. The molecule has 1 aromatic rings. The van der Waals surface area contributed by atoms with Gasteiger partial charge in [-0.2, -0.15) is 0 Å². The van der Waals surface area contributed by atoms with Gasteiger partial charge in [0, 0.05) is 20.1 Å². The van der Waals surface area contributed by atoms with Crippen LogP contribution >= 0.6 is 31.9 Å². The monoisotopic (exact) mass is 445 g/mol. The van der Waals surface area contributed by atoms with Crippen LogP contribution in [0.3, 0.4) is 0 Å². The maximum absolute atomic E-state index is 11.3. The van der Waals surface area contributed by atoms with Gasteiger partial charge in [-0.25, -0.2) is 13.6 Å². The highest BCUT2D eigenvalue weighted by Gasteiger charge is 2.15. The van der Waals surface area contributed by atoms with Crippen LogP contribution in [0.2, 0.25) is 0 Å². The zero-order valence-electron chi connectivity index (χ0n) is 11.5. The van der Waals surface area contributed by atoms with Crippen LogP contribution in [0.25, 0.3) is 0 Å². The third-order valence-electron chi connectivity index (χ3n) is 2.41. The number of hydrogen-bond acceptors (Lipinski definition) is 5. The molecular weight excluding hydrogens is 430 g/mol. The largest absolute Gasteiger partial charge is 0.491 e. The Kier molecular flexibility index (Phi) is 8.14. The predicted octanol–water partition coefficient (Wildman–Crippen LogP) is 2.29. The second-order valence-electron chi connectivity index (χ2n) is 4.07. The summed E-state index contributed by atoms with van der Waals surface area (Å²) in [6.07, 6.45) is 0.708. The summed E-state index contributed by atoms with van der Waals surface area (Å²) in [4.78, 5) is 0.0106. The lowest BCUT2D eigenvalue weighted by Gasteiger charge is -2.12. The fraction of sp³-hybridized carbons (Fsp3) is 0.500. The van der Waals surface area contributed by atoms with Gasteiger partial charge in [-0.15, -0.1) is 0 Å². The summed E-state index contributed by atoms with van der Waals surface area (Å²) in [5, 5.41) is 5.09. The van der Waals surface area contributed by atoms with Gasteiger partial charge in [0.1, 0.15) is 5.75 Å². The van der Waals surface area contributed by atoms with E-state index in [0.717, 1.165) is 0 Å². The molecule has 0 amide bonds. The first-order chi connectivity index (χ1) is 9.86. The minimum atomic E-state index is -3.75. The molecular formula is C12H17Br2NO5S. The SMILES string of the molecule is COCCOCCCOc1c(Br)cc(S(N)(=O)=O)cc1Br. The van der Waals surface area contributed by atoms with E-state index in [1.165, 1.54) is 12.1 Å². The Balaban J connectivity index is 2.53. The third kappa shape index (κ3) is 6.62. The van der Waals surface area contributed by atoms with E-state index in [4.69, 9.17) is 19.3 Å². The van der Waals surface area contributed by atoms with E-state index < -0.39 is 10.0 Å². The molecule has 2 N–H and O–H groups in total. The maximum Gasteiger partial charge on any atom is 0.238 e. The Morgan fingerprint density at radius 1 is 1.10 bits per heavy atom. The van der Waals surface area contributed by atoms with Gasteiger partial charge >= 0.3 is 0 Å². The molecule has 21 heavy (non-hydrogen) atoms. The van der Waals surface area contributed by atoms with E-state index in [1.807, 2.05) is 0 Å². The average molecular weight is 447 g/mol. The highest BCUT2D eigenvalue weighted by molar-refractivity contribution is 9.11. The zero-order chi connectivity index (χ0) is 15.9. The highest BCUT2D eigenvalue weighted by atomic mass is 79.9. The Bertz CT molecular complexity index is 542. The van der Waals surface area contributed by atoms with Crippen LogP contribution < -0.4 is 9.88 Å². The van der Waals surface area contributed by atoms with Crippen molar-refractivity contribution >= 4 is 41.9 Å². The summed E-state index contributed by atoms with van der Waals surface area (Å²) in [6, 6.07) is 2.81.